The molecule has 0 radical (unpaired) electrons. The van der Waals surface area contributed by atoms with Gasteiger partial charge >= 0.3 is 0 Å². The maximum atomic E-state index is 12.4. The Morgan fingerprint density at radius 2 is 2.10 bits per heavy atom. The minimum atomic E-state index is -0.0617. The lowest BCUT2D eigenvalue weighted by Crippen LogP contribution is -2.19. The van der Waals surface area contributed by atoms with E-state index in [-0.39, 0.29) is 5.56 Å². The molecule has 0 spiro atoms. The highest BCUT2D eigenvalue weighted by atomic mass is 32.1. The molecule has 0 unspecified atom stereocenters. The number of aromatic nitrogens is 2. The van der Waals surface area contributed by atoms with Gasteiger partial charge in [0.2, 0.25) is 0 Å². The molecule has 5 heteroatoms. The van der Waals surface area contributed by atoms with Crippen molar-refractivity contribution < 1.29 is 0 Å². The fourth-order valence-corrected chi connectivity index (χ4v) is 3.26. The van der Waals surface area contributed by atoms with Crippen LogP contribution in [0.2, 0.25) is 0 Å². The minimum Gasteiger partial charge on any atom is -0.310 e. The largest absolute Gasteiger partial charge is 0.310 e. The Kier molecular flexibility index (Phi) is 4.13. The molecular weight excluding hydrogens is 282 g/mol. The van der Waals surface area contributed by atoms with E-state index < -0.39 is 0 Å². The molecule has 0 bridgehead atoms. The Morgan fingerprint density at radius 1 is 1.29 bits per heavy atom. The summed E-state index contributed by atoms with van der Waals surface area (Å²) < 4.78 is 0. The first-order valence-corrected chi connectivity index (χ1v) is 7.94. The molecule has 0 aliphatic rings. The van der Waals surface area contributed by atoms with E-state index in [4.69, 9.17) is 0 Å². The van der Waals surface area contributed by atoms with E-state index in [9.17, 15) is 4.79 Å². The van der Waals surface area contributed by atoms with Gasteiger partial charge in [0.1, 0.15) is 10.7 Å². The number of nitrogens with zero attached hydrogens (tertiary/aromatic N) is 1. The second-order valence-corrected chi connectivity index (χ2v) is 5.74. The lowest BCUT2D eigenvalue weighted by Gasteiger charge is -2.03. The predicted octanol–water partition coefficient (Wildman–Crippen LogP) is 3.15. The van der Waals surface area contributed by atoms with E-state index in [1.807, 2.05) is 35.7 Å². The molecule has 0 amide bonds. The molecule has 2 heterocycles. The maximum Gasteiger partial charge on any atom is 0.260 e. The highest BCUT2D eigenvalue weighted by Gasteiger charge is 2.12. The van der Waals surface area contributed by atoms with Crippen LogP contribution in [0.5, 0.6) is 0 Å². The smallest absolute Gasteiger partial charge is 0.260 e. The van der Waals surface area contributed by atoms with Crippen molar-refractivity contribution in [1.82, 2.24) is 15.3 Å². The SMILES string of the molecule is CCCNCc1nc2scc(-c3ccccc3)c2c(=O)[nH]1. The highest BCUT2D eigenvalue weighted by molar-refractivity contribution is 7.17. The van der Waals surface area contributed by atoms with E-state index >= 15 is 0 Å². The van der Waals surface area contributed by atoms with Crippen LogP contribution in [0.15, 0.2) is 40.5 Å². The monoisotopic (exact) mass is 299 g/mol. The number of H-pyrrole nitrogens is 1. The van der Waals surface area contributed by atoms with Crippen molar-refractivity contribution in [1.29, 1.82) is 0 Å². The molecule has 21 heavy (non-hydrogen) atoms. The predicted molar refractivity (Wildman–Crippen MR) is 87.7 cm³/mol. The van der Waals surface area contributed by atoms with Crippen LogP contribution in [0.1, 0.15) is 19.2 Å². The number of hydrogen-bond donors (Lipinski definition) is 2. The summed E-state index contributed by atoms with van der Waals surface area (Å²) in [6.07, 6.45) is 1.06. The summed E-state index contributed by atoms with van der Waals surface area (Å²) in [5.41, 5.74) is 1.94. The molecular formula is C16H17N3OS. The lowest BCUT2D eigenvalue weighted by atomic mass is 10.1. The zero-order chi connectivity index (χ0) is 14.7. The molecule has 0 saturated heterocycles. The summed E-state index contributed by atoms with van der Waals surface area (Å²) in [5.74, 6) is 0.697. The van der Waals surface area contributed by atoms with E-state index in [1.165, 1.54) is 11.3 Å². The molecule has 0 atom stereocenters. The van der Waals surface area contributed by atoms with Gasteiger partial charge in [-0.1, -0.05) is 37.3 Å². The van der Waals surface area contributed by atoms with Gasteiger partial charge in [-0.25, -0.2) is 4.98 Å². The van der Waals surface area contributed by atoms with Gasteiger partial charge in [-0.05, 0) is 18.5 Å². The van der Waals surface area contributed by atoms with Crippen molar-refractivity contribution in [2.75, 3.05) is 6.54 Å². The number of thiophene rings is 1. The fraction of sp³-hybridized carbons (Fsp3) is 0.250. The van der Waals surface area contributed by atoms with Crippen LogP contribution in [0.25, 0.3) is 21.3 Å². The number of fused-ring (bicyclic) bond motifs is 1. The summed E-state index contributed by atoms with van der Waals surface area (Å²) in [6, 6.07) is 9.94. The molecule has 0 aliphatic carbocycles. The third-order valence-corrected chi connectivity index (χ3v) is 4.17. The molecule has 2 N–H and O–H groups in total. The summed E-state index contributed by atoms with van der Waals surface area (Å²) in [7, 11) is 0. The Labute approximate surface area is 126 Å². The van der Waals surface area contributed by atoms with Crippen LogP contribution in [0, 0.1) is 0 Å². The Hall–Kier alpha value is -1.98. The first-order chi connectivity index (χ1) is 10.3. The zero-order valence-corrected chi connectivity index (χ0v) is 12.7. The van der Waals surface area contributed by atoms with Crippen molar-refractivity contribution in [3.05, 3.63) is 51.9 Å². The van der Waals surface area contributed by atoms with Gasteiger partial charge in [-0.2, -0.15) is 0 Å². The fourth-order valence-electron chi connectivity index (χ4n) is 2.29. The van der Waals surface area contributed by atoms with Crippen molar-refractivity contribution in [2.24, 2.45) is 0 Å². The van der Waals surface area contributed by atoms with Crippen LogP contribution in [-0.4, -0.2) is 16.5 Å². The summed E-state index contributed by atoms with van der Waals surface area (Å²) in [5, 5.41) is 5.94. The van der Waals surface area contributed by atoms with Crippen LogP contribution >= 0.6 is 11.3 Å². The first kappa shape index (κ1) is 14.0. The molecule has 1 aromatic carbocycles. The Balaban J connectivity index is 2.02. The van der Waals surface area contributed by atoms with E-state index in [1.54, 1.807) is 0 Å². The van der Waals surface area contributed by atoms with Crippen molar-refractivity contribution in [2.45, 2.75) is 19.9 Å². The van der Waals surface area contributed by atoms with Gasteiger partial charge in [-0.15, -0.1) is 11.3 Å². The topological polar surface area (TPSA) is 57.8 Å². The van der Waals surface area contributed by atoms with Crippen molar-refractivity contribution in [3.63, 3.8) is 0 Å². The minimum absolute atomic E-state index is 0.0617. The number of aromatic amines is 1. The molecule has 4 nitrogen and oxygen atoms in total. The Morgan fingerprint density at radius 3 is 2.86 bits per heavy atom. The van der Waals surface area contributed by atoms with E-state index in [0.29, 0.717) is 17.8 Å². The van der Waals surface area contributed by atoms with Gasteiger partial charge in [0, 0.05) is 10.9 Å². The molecule has 2 aromatic heterocycles. The Bertz CT molecular complexity index is 792. The normalized spacial score (nSPS) is 11.1. The second kappa shape index (κ2) is 6.20. The number of benzene rings is 1. The average Bonchev–Trinajstić information content (AvgIpc) is 2.93. The summed E-state index contributed by atoms with van der Waals surface area (Å²) in [4.78, 5) is 20.6. The molecule has 0 fully saturated rings. The van der Waals surface area contributed by atoms with Gasteiger partial charge in [0.25, 0.3) is 5.56 Å². The van der Waals surface area contributed by atoms with Crippen LogP contribution < -0.4 is 10.9 Å². The summed E-state index contributed by atoms with van der Waals surface area (Å²) >= 11 is 1.52. The average molecular weight is 299 g/mol. The number of rotatable bonds is 5. The van der Waals surface area contributed by atoms with Crippen LogP contribution in [-0.2, 0) is 6.54 Å². The molecule has 3 aromatic rings. The highest BCUT2D eigenvalue weighted by Crippen LogP contribution is 2.30. The zero-order valence-electron chi connectivity index (χ0n) is 11.8. The van der Waals surface area contributed by atoms with Gasteiger partial charge in [0.05, 0.1) is 11.9 Å². The second-order valence-electron chi connectivity index (χ2n) is 4.88. The molecule has 0 aliphatic heterocycles. The molecule has 108 valence electrons. The lowest BCUT2D eigenvalue weighted by molar-refractivity contribution is 0.651. The first-order valence-electron chi connectivity index (χ1n) is 7.06. The van der Waals surface area contributed by atoms with Crippen LogP contribution in [0.4, 0.5) is 0 Å². The number of hydrogen-bond acceptors (Lipinski definition) is 4. The standard InChI is InChI=1S/C16H17N3OS/c1-2-8-17-9-13-18-15(20)14-12(10-21-16(14)19-13)11-6-4-3-5-7-11/h3-7,10,17H,2,8-9H2,1H3,(H,18,19,20). The molecule has 3 rings (SSSR count). The van der Waals surface area contributed by atoms with Crippen molar-refractivity contribution in [3.8, 4) is 11.1 Å². The third-order valence-electron chi connectivity index (χ3n) is 3.30. The number of nitrogens with one attached hydrogen (secondary N) is 2. The summed E-state index contributed by atoms with van der Waals surface area (Å²) in [6.45, 7) is 3.62. The maximum absolute atomic E-state index is 12.4. The van der Waals surface area contributed by atoms with Gasteiger partial charge in [0.15, 0.2) is 0 Å². The molecule has 0 saturated carbocycles. The van der Waals surface area contributed by atoms with Gasteiger partial charge < -0.3 is 10.3 Å². The third kappa shape index (κ3) is 2.89. The van der Waals surface area contributed by atoms with E-state index in [0.717, 1.165) is 28.9 Å². The van der Waals surface area contributed by atoms with E-state index in [2.05, 4.69) is 22.2 Å². The van der Waals surface area contributed by atoms with Crippen molar-refractivity contribution >= 4 is 21.6 Å². The van der Waals surface area contributed by atoms with Crippen LogP contribution in [0.3, 0.4) is 0 Å². The van der Waals surface area contributed by atoms with Gasteiger partial charge in [-0.3, -0.25) is 4.79 Å². The quantitative estimate of drug-likeness (QED) is 0.712.